The molecular weight excluding hydrogens is 382 g/mol. The van der Waals surface area contributed by atoms with Crippen molar-refractivity contribution >= 4 is 21.1 Å². The first kappa shape index (κ1) is 19.8. The van der Waals surface area contributed by atoms with Gasteiger partial charge in [0, 0.05) is 20.6 Å². The normalized spacial score (nSPS) is 11.7. The van der Waals surface area contributed by atoms with Gasteiger partial charge in [-0.2, -0.15) is 0 Å². The molecule has 9 heteroatoms. The number of sulfonamides is 1. The summed E-state index contributed by atoms with van der Waals surface area (Å²) in [5.74, 6) is 0.684. The highest BCUT2D eigenvalue weighted by molar-refractivity contribution is 7.89. The van der Waals surface area contributed by atoms with E-state index < -0.39 is 21.1 Å². The fourth-order valence-electron chi connectivity index (χ4n) is 2.99. The second-order valence-electron chi connectivity index (χ2n) is 6.51. The van der Waals surface area contributed by atoms with Gasteiger partial charge in [0.25, 0.3) is 0 Å². The van der Waals surface area contributed by atoms with E-state index in [1.807, 2.05) is 0 Å². The van der Waals surface area contributed by atoms with E-state index in [1.54, 1.807) is 44.4 Å². The van der Waals surface area contributed by atoms with Gasteiger partial charge in [-0.25, -0.2) is 13.1 Å². The molecule has 0 fully saturated rings. The molecule has 1 aromatic heterocycles. The summed E-state index contributed by atoms with van der Waals surface area (Å²) in [6, 6.07) is 10.1. The molecule has 0 unspecified atom stereocenters. The first-order valence-electron chi connectivity index (χ1n) is 8.48. The molecule has 0 saturated heterocycles. The standard InChI is InChI=1S/C19H21N3O5S/c1-12-9-15-16(22(3)19(24)18(23)21(15)2)10-17(12)28(25,26)20-11-13-5-7-14(27-4)8-6-13/h5-10,20H,11H2,1-4H3. The van der Waals surface area contributed by atoms with E-state index in [1.165, 1.54) is 29.3 Å². The Hall–Kier alpha value is -2.91. The molecule has 8 nitrogen and oxygen atoms in total. The lowest BCUT2D eigenvalue weighted by Gasteiger charge is -2.14. The highest BCUT2D eigenvalue weighted by Gasteiger charge is 2.20. The quantitative estimate of drug-likeness (QED) is 0.642. The molecule has 0 radical (unpaired) electrons. The zero-order valence-electron chi connectivity index (χ0n) is 16.0. The molecule has 0 spiro atoms. The van der Waals surface area contributed by atoms with Gasteiger partial charge in [-0.3, -0.25) is 9.59 Å². The lowest BCUT2D eigenvalue weighted by molar-refractivity contribution is 0.414. The van der Waals surface area contributed by atoms with Gasteiger partial charge in [0.15, 0.2) is 0 Å². The van der Waals surface area contributed by atoms with Crippen LogP contribution in [-0.2, 0) is 30.7 Å². The summed E-state index contributed by atoms with van der Waals surface area (Å²) in [5, 5.41) is 0. The van der Waals surface area contributed by atoms with E-state index in [0.29, 0.717) is 22.3 Å². The van der Waals surface area contributed by atoms with Crippen molar-refractivity contribution in [3.05, 3.63) is 68.2 Å². The molecule has 3 rings (SSSR count). The third-order valence-electron chi connectivity index (χ3n) is 4.70. The van der Waals surface area contributed by atoms with Gasteiger partial charge in [-0.05, 0) is 42.3 Å². The molecule has 0 saturated carbocycles. The Morgan fingerprint density at radius 2 is 1.50 bits per heavy atom. The maximum absolute atomic E-state index is 12.8. The van der Waals surface area contributed by atoms with Crippen molar-refractivity contribution in [1.29, 1.82) is 0 Å². The first-order chi connectivity index (χ1) is 13.2. The van der Waals surface area contributed by atoms with Gasteiger partial charge in [-0.1, -0.05) is 12.1 Å². The number of methoxy groups -OCH3 is 1. The largest absolute Gasteiger partial charge is 0.497 e. The molecule has 1 heterocycles. The van der Waals surface area contributed by atoms with Gasteiger partial charge in [-0.15, -0.1) is 0 Å². The molecule has 3 aromatic rings. The zero-order chi connectivity index (χ0) is 20.6. The van der Waals surface area contributed by atoms with Gasteiger partial charge in [0.05, 0.1) is 23.0 Å². The van der Waals surface area contributed by atoms with E-state index >= 15 is 0 Å². The zero-order valence-corrected chi connectivity index (χ0v) is 16.8. The minimum absolute atomic E-state index is 0.0576. The second kappa shape index (κ2) is 7.25. The Balaban J connectivity index is 2.02. The van der Waals surface area contributed by atoms with Crippen molar-refractivity contribution in [3.8, 4) is 5.75 Å². The van der Waals surface area contributed by atoms with E-state index in [-0.39, 0.29) is 11.4 Å². The molecule has 0 aliphatic heterocycles. The molecule has 0 aliphatic carbocycles. The number of ether oxygens (including phenoxy) is 1. The molecule has 1 N–H and O–H groups in total. The molecule has 28 heavy (non-hydrogen) atoms. The Morgan fingerprint density at radius 1 is 0.964 bits per heavy atom. The summed E-state index contributed by atoms with van der Waals surface area (Å²) in [6.07, 6.45) is 0. The third kappa shape index (κ3) is 3.46. The van der Waals surface area contributed by atoms with Crippen molar-refractivity contribution in [1.82, 2.24) is 13.9 Å². The highest BCUT2D eigenvalue weighted by atomic mass is 32.2. The van der Waals surface area contributed by atoms with E-state index in [9.17, 15) is 18.0 Å². The molecule has 0 amide bonds. The van der Waals surface area contributed by atoms with Gasteiger partial charge in [0.2, 0.25) is 10.0 Å². The fourth-order valence-corrected chi connectivity index (χ4v) is 4.26. The average molecular weight is 403 g/mol. The maximum atomic E-state index is 12.8. The summed E-state index contributed by atoms with van der Waals surface area (Å²) in [5.41, 5.74) is 0.721. The summed E-state index contributed by atoms with van der Waals surface area (Å²) in [4.78, 5) is 24.1. The first-order valence-corrected chi connectivity index (χ1v) is 9.97. The van der Waals surface area contributed by atoms with Crippen molar-refractivity contribution in [2.45, 2.75) is 18.4 Å². The Morgan fingerprint density at radius 3 is 2.04 bits per heavy atom. The highest BCUT2D eigenvalue weighted by Crippen LogP contribution is 2.22. The van der Waals surface area contributed by atoms with E-state index in [2.05, 4.69) is 4.72 Å². The summed E-state index contributed by atoms with van der Waals surface area (Å²) < 4.78 is 35.8. The van der Waals surface area contributed by atoms with Crippen molar-refractivity contribution in [2.75, 3.05) is 7.11 Å². The number of benzene rings is 2. The molecular formula is C19H21N3O5S. The van der Waals surface area contributed by atoms with E-state index in [4.69, 9.17) is 4.74 Å². The number of nitrogens with zero attached hydrogens (tertiary/aromatic N) is 2. The number of hydrogen-bond acceptors (Lipinski definition) is 5. The number of aromatic nitrogens is 2. The van der Waals surface area contributed by atoms with Crippen molar-refractivity contribution in [3.63, 3.8) is 0 Å². The molecule has 0 bridgehead atoms. The Kier molecular flexibility index (Phi) is 5.14. The number of nitrogens with one attached hydrogen (secondary N) is 1. The number of rotatable bonds is 5. The fraction of sp³-hybridized carbons (Fsp3) is 0.263. The Bertz CT molecular complexity index is 1270. The van der Waals surface area contributed by atoms with E-state index in [0.717, 1.165) is 5.56 Å². The van der Waals surface area contributed by atoms with Gasteiger partial charge < -0.3 is 13.9 Å². The SMILES string of the molecule is COc1ccc(CNS(=O)(=O)c2cc3c(cc2C)n(C)c(=O)c(=O)n3C)cc1. The molecule has 0 aliphatic rings. The smallest absolute Gasteiger partial charge is 0.316 e. The van der Waals surface area contributed by atoms with Crippen LogP contribution >= 0.6 is 0 Å². The number of aryl methyl sites for hydroxylation is 3. The van der Waals surface area contributed by atoms with Crippen LogP contribution in [0, 0.1) is 6.92 Å². The minimum Gasteiger partial charge on any atom is -0.497 e. The van der Waals surface area contributed by atoms with Crippen molar-refractivity contribution in [2.24, 2.45) is 14.1 Å². The van der Waals surface area contributed by atoms with Crippen LogP contribution in [-0.4, -0.2) is 24.7 Å². The lowest BCUT2D eigenvalue weighted by atomic mass is 10.2. The molecule has 2 aromatic carbocycles. The van der Waals surface area contributed by atoms with Crippen LogP contribution in [0.2, 0.25) is 0 Å². The van der Waals surface area contributed by atoms with Crippen LogP contribution in [0.5, 0.6) is 5.75 Å². The van der Waals surface area contributed by atoms with Crippen LogP contribution in [0.15, 0.2) is 50.9 Å². The molecule has 0 atom stereocenters. The number of fused-ring (bicyclic) bond motifs is 1. The van der Waals surface area contributed by atoms with Crippen molar-refractivity contribution < 1.29 is 13.2 Å². The average Bonchev–Trinajstić information content (AvgIpc) is 2.69. The predicted molar refractivity (Wildman–Crippen MR) is 106 cm³/mol. The van der Waals surface area contributed by atoms with Crippen LogP contribution in [0.3, 0.4) is 0 Å². The monoisotopic (exact) mass is 403 g/mol. The number of hydrogen-bond donors (Lipinski definition) is 1. The molecule has 148 valence electrons. The summed E-state index contributed by atoms with van der Waals surface area (Å²) in [7, 11) is 0.661. The van der Waals surface area contributed by atoms with Gasteiger partial charge in [0.1, 0.15) is 5.75 Å². The second-order valence-corrected chi connectivity index (χ2v) is 8.24. The summed E-state index contributed by atoms with van der Waals surface area (Å²) in [6.45, 7) is 1.76. The van der Waals surface area contributed by atoms with Gasteiger partial charge >= 0.3 is 11.1 Å². The topological polar surface area (TPSA) is 99.4 Å². The minimum atomic E-state index is -3.83. The Labute approximate surface area is 162 Å². The summed E-state index contributed by atoms with van der Waals surface area (Å²) >= 11 is 0. The third-order valence-corrected chi connectivity index (χ3v) is 6.25. The van der Waals surface area contributed by atoms with Crippen LogP contribution in [0.1, 0.15) is 11.1 Å². The van der Waals surface area contributed by atoms with Crippen LogP contribution in [0.4, 0.5) is 0 Å². The van der Waals surface area contributed by atoms with Crippen LogP contribution in [0.25, 0.3) is 11.0 Å². The predicted octanol–water partition coefficient (Wildman–Crippen LogP) is 1.03. The maximum Gasteiger partial charge on any atom is 0.316 e. The van der Waals surface area contributed by atoms with Crippen LogP contribution < -0.4 is 20.6 Å². The lowest BCUT2D eigenvalue weighted by Crippen LogP contribution is -2.39.